The molecule has 0 atom stereocenters. The van der Waals surface area contributed by atoms with Crippen molar-refractivity contribution in [2.75, 3.05) is 6.54 Å². The molecule has 21 heavy (non-hydrogen) atoms. The molecule has 112 valence electrons. The number of carbonyl (C=O) groups excluding carboxylic acids is 1. The smallest absolute Gasteiger partial charge is 0.276 e. The second-order valence-electron chi connectivity index (χ2n) is 5.17. The van der Waals surface area contributed by atoms with Crippen molar-refractivity contribution in [1.82, 2.24) is 19.9 Å². The second kappa shape index (κ2) is 6.99. The molecule has 2 rings (SSSR count). The highest BCUT2D eigenvalue weighted by Gasteiger charge is 2.21. The molecule has 0 saturated heterocycles. The molecule has 1 aromatic carbocycles. The third-order valence-electron chi connectivity index (χ3n) is 3.20. The van der Waals surface area contributed by atoms with E-state index in [1.165, 1.54) is 0 Å². The highest BCUT2D eigenvalue weighted by molar-refractivity contribution is 5.92. The quantitative estimate of drug-likeness (QED) is 0.868. The first-order chi connectivity index (χ1) is 10.1. The Bertz CT molecular complexity index is 579. The van der Waals surface area contributed by atoms with Crippen LogP contribution in [-0.4, -0.2) is 38.4 Å². The molecule has 1 heterocycles. The lowest BCUT2D eigenvalue weighted by atomic mass is 10.2. The zero-order chi connectivity index (χ0) is 15.2. The van der Waals surface area contributed by atoms with Crippen LogP contribution in [-0.2, 0) is 13.1 Å². The summed E-state index contributed by atoms with van der Waals surface area (Å²) in [6, 6.07) is 9.99. The van der Waals surface area contributed by atoms with Crippen LogP contribution in [0, 0.1) is 0 Å². The molecule has 0 fully saturated rings. The summed E-state index contributed by atoms with van der Waals surface area (Å²) in [7, 11) is 0. The van der Waals surface area contributed by atoms with E-state index in [4.69, 9.17) is 5.73 Å². The van der Waals surface area contributed by atoms with E-state index < -0.39 is 0 Å². The van der Waals surface area contributed by atoms with Gasteiger partial charge in [-0.25, -0.2) is 0 Å². The van der Waals surface area contributed by atoms with Crippen LogP contribution in [0.15, 0.2) is 36.5 Å². The Morgan fingerprint density at radius 2 is 2.05 bits per heavy atom. The molecule has 2 aromatic rings. The van der Waals surface area contributed by atoms with Crippen LogP contribution in [0.2, 0.25) is 0 Å². The fourth-order valence-electron chi connectivity index (χ4n) is 2.05. The highest BCUT2D eigenvalue weighted by Crippen LogP contribution is 2.12. The first kappa shape index (κ1) is 15.2. The van der Waals surface area contributed by atoms with Gasteiger partial charge >= 0.3 is 0 Å². The number of nitrogens with two attached hydrogens (primary N) is 1. The van der Waals surface area contributed by atoms with Crippen molar-refractivity contribution in [2.45, 2.75) is 33.0 Å². The molecule has 0 aliphatic heterocycles. The molecule has 0 spiro atoms. The summed E-state index contributed by atoms with van der Waals surface area (Å²) in [6.07, 6.45) is 1.65. The average Bonchev–Trinajstić information content (AvgIpc) is 2.94. The zero-order valence-corrected chi connectivity index (χ0v) is 12.4. The second-order valence-corrected chi connectivity index (χ2v) is 5.17. The van der Waals surface area contributed by atoms with E-state index in [-0.39, 0.29) is 11.9 Å². The Morgan fingerprint density at radius 1 is 1.33 bits per heavy atom. The van der Waals surface area contributed by atoms with Crippen LogP contribution in [0.5, 0.6) is 0 Å². The summed E-state index contributed by atoms with van der Waals surface area (Å²) in [5.41, 5.74) is 6.92. The number of amides is 1. The molecule has 0 radical (unpaired) electrons. The summed E-state index contributed by atoms with van der Waals surface area (Å²) in [5.74, 6) is -0.114. The van der Waals surface area contributed by atoms with E-state index in [0.29, 0.717) is 25.3 Å². The van der Waals surface area contributed by atoms with Crippen molar-refractivity contribution >= 4 is 5.91 Å². The third-order valence-corrected chi connectivity index (χ3v) is 3.20. The summed E-state index contributed by atoms with van der Waals surface area (Å²) in [4.78, 5) is 14.4. The fraction of sp³-hybridized carbons (Fsp3) is 0.400. The minimum Gasteiger partial charge on any atom is -0.330 e. The van der Waals surface area contributed by atoms with Gasteiger partial charge in [0.15, 0.2) is 5.69 Å². The molecular formula is C15H21N5O. The minimum atomic E-state index is -0.114. The number of carbonyl (C=O) groups is 1. The first-order valence-corrected chi connectivity index (χ1v) is 7.07. The molecule has 6 nitrogen and oxygen atoms in total. The van der Waals surface area contributed by atoms with Crippen LogP contribution < -0.4 is 5.73 Å². The van der Waals surface area contributed by atoms with Gasteiger partial charge in [-0.05, 0) is 19.4 Å². The summed E-state index contributed by atoms with van der Waals surface area (Å²) in [5, 5.41) is 7.86. The van der Waals surface area contributed by atoms with E-state index in [1.807, 2.05) is 44.2 Å². The Morgan fingerprint density at radius 3 is 2.67 bits per heavy atom. The molecule has 6 heteroatoms. The molecule has 0 aliphatic carbocycles. The van der Waals surface area contributed by atoms with Gasteiger partial charge in [0.1, 0.15) is 0 Å². The lowest BCUT2D eigenvalue weighted by molar-refractivity contribution is 0.0684. The van der Waals surface area contributed by atoms with Crippen LogP contribution in [0.3, 0.4) is 0 Å². The molecule has 0 saturated carbocycles. The van der Waals surface area contributed by atoms with E-state index in [9.17, 15) is 4.79 Å². The van der Waals surface area contributed by atoms with Crippen molar-refractivity contribution in [1.29, 1.82) is 0 Å². The van der Waals surface area contributed by atoms with Gasteiger partial charge in [-0.2, -0.15) is 0 Å². The predicted octanol–water partition coefficient (Wildman–Crippen LogP) is 1.29. The number of rotatable bonds is 6. The summed E-state index contributed by atoms with van der Waals surface area (Å²) >= 11 is 0. The SMILES string of the molecule is CC(C)N(Cc1ccccc1)C(=O)c1cn(CCN)nn1. The molecule has 1 amide bonds. The number of nitrogens with zero attached hydrogens (tertiary/aromatic N) is 4. The number of hydrogen-bond acceptors (Lipinski definition) is 4. The Hall–Kier alpha value is -2.21. The maximum absolute atomic E-state index is 12.6. The van der Waals surface area contributed by atoms with Gasteiger partial charge in [0.25, 0.3) is 5.91 Å². The van der Waals surface area contributed by atoms with Gasteiger partial charge in [0.2, 0.25) is 0 Å². The third kappa shape index (κ3) is 3.88. The average molecular weight is 287 g/mol. The minimum absolute atomic E-state index is 0.0809. The maximum Gasteiger partial charge on any atom is 0.276 e. The van der Waals surface area contributed by atoms with Gasteiger partial charge in [-0.15, -0.1) is 5.10 Å². The van der Waals surface area contributed by atoms with Crippen LogP contribution in [0.25, 0.3) is 0 Å². The lowest BCUT2D eigenvalue weighted by Gasteiger charge is -2.26. The number of aromatic nitrogens is 3. The summed E-state index contributed by atoms with van der Waals surface area (Å²) in [6.45, 7) is 5.56. The predicted molar refractivity (Wildman–Crippen MR) is 80.5 cm³/mol. The number of hydrogen-bond donors (Lipinski definition) is 1. The Kier molecular flexibility index (Phi) is 5.05. The van der Waals surface area contributed by atoms with E-state index >= 15 is 0 Å². The molecular weight excluding hydrogens is 266 g/mol. The van der Waals surface area contributed by atoms with Gasteiger partial charge in [0, 0.05) is 19.1 Å². The van der Waals surface area contributed by atoms with Gasteiger partial charge < -0.3 is 10.6 Å². The number of benzene rings is 1. The van der Waals surface area contributed by atoms with Crippen molar-refractivity contribution in [3.8, 4) is 0 Å². The first-order valence-electron chi connectivity index (χ1n) is 7.07. The van der Waals surface area contributed by atoms with E-state index in [0.717, 1.165) is 5.56 Å². The van der Waals surface area contributed by atoms with Gasteiger partial charge in [0.05, 0.1) is 12.7 Å². The summed E-state index contributed by atoms with van der Waals surface area (Å²) < 4.78 is 1.59. The standard InChI is InChI=1S/C15H21N5O/c1-12(2)20(10-13-6-4-3-5-7-13)15(21)14-11-19(9-8-16)18-17-14/h3-7,11-12H,8-10,16H2,1-2H3. The van der Waals surface area contributed by atoms with Crippen molar-refractivity contribution in [2.24, 2.45) is 5.73 Å². The highest BCUT2D eigenvalue weighted by atomic mass is 16.2. The van der Waals surface area contributed by atoms with Crippen LogP contribution >= 0.6 is 0 Å². The molecule has 0 aliphatic rings. The fourth-order valence-corrected chi connectivity index (χ4v) is 2.05. The molecule has 0 unspecified atom stereocenters. The largest absolute Gasteiger partial charge is 0.330 e. The van der Waals surface area contributed by atoms with Crippen LogP contribution in [0.4, 0.5) is 0 Å². The lowest BCUT2D eigenvalue weighted by Crippen LogP contribution is -2.36. The monoisotopic (exact) mass is 287 g/mol. The Labute approximate surface area is 124 Å². The normalized spacial score (nSPS) is 10.9. The van der Waals surface area contributed by atoms with Crippen LogP contribution in [0.1, 0.15) is 29.9 Å². The molecule has 1 aromatic heterocycles. The van der Waals surface area contributed by atoms with Crippen molar-refractivity contribution in [3.05, 3.63) is 47.8 Å². The maximum atomic E-state index is 12.6. The zero-order valence-electron chi connectivity index (χ0n) is 12.4. The van der Waals surface area contributed by atoms with E-state index in [2.05, 4.69) is 10.3 Å². The van der Waals surface area contributed by atoms with E-state index in [1.54, 1.807) is 15.8 Å². The van der Waals surface area contributed by atoms with Gasteiger partial charge in [-0.3, -0.25) is 9.48 Å². The van der Waals surface area contributed by atoms with Crippen molar-refractivity contribution < 1.29 is 4.79 Å². The topological polar surface area (TPSA) is 77.0 Å². The van der Waals surface area contributed by atoms with Crippen molar-refractivity contribution in [3.63, 3.8) is 0 Å². The molecule has 0 bridgehead atoms. The molecule has 2 N–H and O–H groups in total. The van der Waals surface area contributed by atoms with Gasteiger partial charge in [-0.1, -0.05) is 35.5 Å². The Balaban J connectivity index is 2.15.